The van der Waals surface area contributed by atoms with Gasteiger partial charge in [-0.05, 0) is 33.3 Å². The van der Waals surface area contributed by atoms with Gasteiger partial charge >= 0.3 is 5.97 Å². The fourth-order valence-corrected chi connectivity index (χ4v) is 1.81. The van der Waals surface area contributed by atoms with Crippen LogP contribution in [0.5, 0.6) is 5.88 Å². The molecule has 0 saturated heterocycles. The molecule has 134 valence electrons. The Hall–Kier alpha value is -2.15. The molecule has 0 aliphatic heterocycles. The highest BCUT2D eigenvalue weighted by Crippen LogP contribution is 2.26. The van der Waals surface area contributed by atoms with E-state index in [0.717, 1.165) is 13.0 Å². The van der Waals surface area contributed by atoms with E-state index in [1.165, 1.54) is 6.07 Å². The van der Waals surface area contributed by atoms with Gasteiger partial charge in [0.15, 0.2) is 0 Å². The van der Waals surface area contributed by atoms with E-state index < -0.39 is 5.97 Å². The summed E-state index contributed by atoms with van der Waals surface area (Å²) in [5.74, 6) is -1.00. The maximum atomic E-state index is 11.5. The third-order valence-electron chi connectivity index (χ3n) is 3.29. The zero-order chi connectivity index (χ0) is 18.1. The molecule has 1 aromatic heterocycles. The summed E-state index contributed by atoms with van der Waals surface area (Å²) in [4.78, 5) is 22.0. The number of aliphatic imine (C=N–C) groups is 1. The maximum absolute atomic E-state index is 11.5. The molecule has 7 heteroatoms. The molecule has 0 aliphatic carbocycles. The summed E-state index contributed by atoms with van der Waals surface area (Å²) in [5.41, 5.74) is 1.11. The lowest BCUT2D eigenvalue weighted by Crippen LogP contribution is -2.21. The summed E-state index contributed by atoms with van der Waals surface area (Å²) >= 11 is 0. The van der Waals surface area contributed by atoms with E-state index in [1.807, 2.05) is 32.7 Å². The minimum absolute atomic E-state index is 0.00533. The summed E-state index contributed by atoms with van der Waals surface area (Å²) in [6.07, 6.45) is 2.28. The number of aromatic carboxylic acids is 1. The monoisotopic (exact) mass is 337 g/mol. The number of aryl methyl sites for hydroxylation is 1. The minimum Gasteiger partial charge on any atom is -0.477 e. The van der Waals surface area contributed by atoms with Crippen LogP contribution in [-0.2, 0) is 4.74 Å². The Balaban J connectivity index is 2.98. The third kappa shape index (κ3) is 6.16. The van der Waals surface area contributed by atoms with Crippen LogP contribution < -0.4 is 4.74 Å². The molecule has 0 fully saturated rings. The number of ether oxygens (including phenoxy) is 2. The van der Waals surface area contributed by atoms with Crippen molar-refractivity contribution >= 4 is 18.0 Å². The molecule has 7 nitrogen and oxygen atoms in total. The van der Waals surface area contributed by atoms with Crippen LogP contribution in [-0.4, -0.2) is 60.2 Å². The molecule has 24 heavy (non-hydrogen) atoms. The molecular weight excluding hydrogens is 310 g/mol. The van der Waals surface area contributed by atoms with Crippen LogP contribution in [0.3, 0.4) is 0 Å². The Morgan fingerprint density at radius 2 is 2.21 bits per heavy atom. The molecule has 1 N–H and O–H groups in total. The number of pyridine rings is 1. The SMILES string of the molecule is CCCOCC(C)Oc1nc(C)c(/N=C/N(C)CC)cc1C(=O)O. The van der Waals surface area contributed by atoms with E-state index >= 15 is 0 Å². The standard InChI is InChI=1S/C17H27N3O4/c1-6-8-23-10-12(3)24-16-14(17(21)22)9-15(13(4)19-16)18-11-20(5)7-2/h9,11-12H,6-8,10H2,1-5H3,(H,21,22)/b18-11+. The number of hydrogen-bond donors (Lipinski definition) is 1. The van der Waals surface area contributed by atoms with E-state index in [9.17, 15) is 9.90 Å². The topological polar surface area (TPSA) is 84.3 Å². The first kappa shape index (κ1) is 19.9. The van der Waals surface area contributed by atoms with E-state index in [4.69, 9.17) is 9.47 Å². The van der Waals surface area contributed by atoms with Crippen molar-refractivity contribution in [3.8, 4) is 5.88 Å². The lowest BCUT2D eigenvalue weighted by Gasteiger charge is -2.16. The third-order valence-corrected chi connectivity index (χ3v) is 3.29. The molecule has 0 bridgehead atoms. The molecule has 0 aliphatic rings. The van der Waals surface area contributed by atoms with E-state index in [-0.39, 0.29) is 17.5 Å². The number of hydrogen-bond acceptors (Lipinski definition) is 5. The van der Waals surface area contributed by atoms with Crippen LogP contribution in [0.25, 0.3) is 0 Å². The Bertz CT molecular complexity index is 575. The molecule has 1 aromatic rings. The molecular formula is C17H27N3O4. The highest BCUT2D eigenvalue weighted by Gasteiger charge is 2.18. The number of carboxylic acid groups (broad SMARTS) is 1. The molecule has 1 heterocycles. The second kappa shape index (κ2) is 9.87. The van der Waals surface area contributed by atoms with Crippen molar-refractivity contribution in [2.24, 2.45) is 4.99 Å². The van der Waals surface area contributed by atoms with Crippen molar-refractivity contribution < 1.29 is 19.4 Å². The Morgan fingerprint density at radius 1 is 1.50 bits per heavy atom. The fraction of sp³-hybridized carbons (Fsp3) is 0.588. The van der Waals surface area contributed by atoms with Crippen LogP contribution in [0.2, 0.25) is 0 Å². The lowest BCUT2D eigenvalue weighted by molar-refractivity contribution is 0.0538. The van der Waals surface area contributed by atoms with Gasteiger partial charge in [0.25, 0.3) is 0 Å². The smallest absolute Gasteiger partial charge is 0.341 e. The van der Waals surface area contributed by atoms with Crippen molar-refractivity contribution in [3.63, 3.8) is 0 Å². The summed E-state index contributed by atoms with van der Waals surface area (Å²) in [7, 11) is 1.89. The molecule has 0 amide bonds. The summed E-state index contributed by atoms with van der Waals surface area (Å²) < 4.78 is 11.1. The number of carbonyl (C=O) groups is 1. The molecule has 1 rings (SSSR count). The highest BCUT2D eigenvalue weighted by atomic mass is 16.5. The normalized spacial score (nSPS) is 12.4. The molecule has 0 radical (unpaired) electrons. The zero-order valence-electron chi connectivity index (χ0n) is 15.1. The van der Waals surface area contributed by atoms with Crippen LogP contribution in [0.1, 0.15) is 43.2 Å². The minimum atomic E-state index is -1.10. The quantitative estimate of drug-likeness (QED) is 0.401. The van der Waals surface area contributed by atoms with Gasteiger partial charge in [-0.25, -0.2) is 14.8 Å². The second-order valence-corrected chi connectivity index (χ2v) is 5.57. The van der Waals surface area contributed by atoms with Gasteiger partial charge in [0.1, 0.15) is 11.7 Å². The Morgan fingerprint density at radius 3 is 2.79 bits per heavy atom. The van der Waals surface area contributed by atoms with Crippen molar-refractivity contribution in [2.45, 2.75) is 40.2 Å². The van der Waals surface area contributed by atoms with Gasteiger partial charge in [-0.1, -0.05) is 6.92 Å². The highest BCUT2D eigenvalue weighted by molar-refractivity contribution is 5.91. The molecule has 0 spiro atoms. The zero-order valence-corrected chi connectivity index (χ0v) is 15.1. The van der Waals surface area contributed by atoms with Gasteiger partial charge < -0.3 is 19.5 Å². The number of rotatable bonds is 10. The first-order valence-electron chi connectivity index (χ1n) is 8.12. The Labute approximate surface area is 143 Å². The summed E-state index contributed by atoms with van der Waals surface area (Å²) in [5, 5.41) is 9.42. The molecule has 0 aromatic carbocycles. The van der Waals surface area contributed by atoms with Crippen molar-refractivity contribution in [2.75, 3.05) is 26.8 Å². The Kier molecular flexibility index (Phi) is 8.18. The van der Waals surface area contributed by atoms with Crippen molar-refractivity contribution in [1.29, 1.82) is 0 Å². The van der Waals surface area contributed by atoms with Gasteiger partial charge in [-0.3, -0.25) is 0 Å². The van der Waals surface area contributed by atoms with Crippen molar-refractivity contribution in [3.05, 3.63) is 17.3 Å². The van der Waals surface area contributed by atoms with E-state index in [1.54, 1.807) is 13.3 Å². The van der Waals surface area contributed by atoms with Gasteiger partial charge in [0.05, 0.1) is 24.3 Å². The van der Waals surface area contributed by atoms with E-state index in [0.29, 0.717) is 24.6 Å². The molecule has 1 unspecified atom stereocenters. The fourth-order valence-electron chi connectivity index (χ4n) is 1.81. The number of aromatic nitrogens is 1. The predicted molar refractivity (Wildman–Crippen MR) is 93.6 cm³/mol. The first-order valence-corrected chi connectivity index (χ1v) is 8.12. The maximum Gasteiger partial charge on any atom is 0.341 e. The molecule has 0 saturated carbocycles. The van der Waals surface area contributed by atoms with Gasteiger partial charge in [-0.15, -0.1) is 0 Å². The summed E-state index contributed by atoms with van der Waals surface area (Å²) in [6, 6.07) is 1.49. The van der Waals surface area contributed by atoms with Gasteiger partial charge in [0, 0.05) is 20.2 Å². The number of nitrogens with zero attached hydrogens (tertiary/aromatic N) is 3. The lowest BCUT2D eigenvalue weighted by atomic mass is 10.2. The van der Waals surface area contributed by atoms with Crippen LogP contribution in [0.15, 0.2) is 11.1 Å². The first-order chi connectivity index (χ1) is 11.4. The second-order valence-electron chi connectivity index (χ2n) is 5.57. The van der Waals surface area contributed by atoms with E-state index in [2.05, 4.69) is 9.98 Å². The predicted octanol–water partition coefficient (Wildman–Crippen LogP) is 2.89. The average molecular weight is 337 g/mol. The largest absolute Gasteiger partial charge is 0.477 e. The summed E-state index contributed by atoms with van der Waals surface area (Å²) in [6.45, 7) is 9.44. The van der Waals surface area contributed by atoms with Crippen molar-refractivity contribution in [1.82, 2.24) is 9.88 Å². The molecule has 1 atom stereocenters. The van der Waals surface area contributed by atoms with Crippen LogP contribution in [0.4, 0.5) is 5.69 Å². The van der Waals surface area contributed by atoms with Gasteiger partial charge in [-0.2, -0.15) is 0 Å². The number of carboxylic acids is 1. The average Bonchev–Trinajstić information content (AvgIpc) is 2.53. The van der Waals surface area contributed by atoms with Crippen LogP contribution in [0, 0.1) is 6.92 Å². The van der Waals surface area contributed by atoms with Crippen LogP contribution >= 0.6 is 0 Å². The van der Waals surface area contributed by atoms with Gasteiger partial charge in [0.2, 0.25) is 5.88 Å².